The van der Waals surface area contributed by atoms with E-state index in [0.717, 1.165) is 19.3 Å². The van der Waals surface area contributed by atoms with Crippen molar-refractivity contribution < 1.29 is 20.3 Å². The average molecular weight is 216 g/mol. The molecule has 0 aromatic rings. The van der Waals surface area contributed by atoms with Crippen LogP contribution in [-0.2, 0) is 9.78 Å². The van der Waals surface area contributed by atoms with Gasteiger partial charge in [0.15, 0.2) is 0 Å². The van der Waals surface area contributed by atoms with Crippen LogP contribution < -0.4 is 0 Å². The maximum atomic E-state index is 8.57. The molecule has 0 saturated heterocycles. The summed E-state index contributed by atoms with van der Waals surface area (Å²) in [6.45, 7) is 5.54. The number of rotatable bonds is 5. The van der Waals surface area contributed by atoms with Crippen LogP contribution in [0, 0.1) is 5.92 Å². The molecule has 0 aliphatic heterocycles. The van der Waals surface area contributed by atoms with Crippen molar-refractivity contribution in [3.05, 3.63) is 12.2 Å². The number of allylic oxidation sites excluding steroid dienone is 1. The molecule has 1 fully saturated rings. The minimum Gasteiger partial charge on any atom is -0.249 e. The molecular formula is C11H20O4. The van der Waals surface area contributed by atoms with Gasteiger partial charge in [-0.15, -0.1) is 0 Å². The molecule has 0 bridgehead atoms. The second kappa shape index (κ2) is 5.61. The Kier molecular flexibility index (Phi) is 4.73. The predicted octanol–water partition coefficient (Wildman–Crippen LogP) is 3.21. The summed E-state index contributed by atoms with van der Waals surface area (Å²) >= 11 is 0. The highest BCUT2D eigenvalue weighted by atomic mass is 17.2. The summed E-state index contributed by atoms with van der Waals surface area (Å²) in [6.07, 6.45) is 5.92. The fourth-order valence-electron chi connectivity index (χ4n) is 2.04. The fourth-order valence-corrected chi connectivity index (χ4v) is 2.04. The Labute approximate surface area is 90.4 Å². The third-order valence-corrected chi connectivity index (χ3v) is 3.21. The summed E-state index contributed by atoms with van der Waals surface area (Å²) in [5.74, 6) is -0.846. The zero-order valence-corrected chi connectivity index (χ0v) is 9.24. The molecule has 4 heteroatoms. The largest absolute Gasteiger partial charge is 0.249 e. The second-order valence-electron chi connectivity index (χ2n) is 4.46. The summed E-state index contributed by atoms with van der Waals surface area (Å²) in [5.41, 5.74) is 1.26. The van der Waals surface area contributed by atoms with Crippen molar-refractivity contribution in [2.45, 2.75) is 51.2 Å². The predicted molar refractivity (Wildman–Crippen MR) is 56.2 cm³/mol. The molecule has 1 aliphatic carbocycles. The molecular weight excluding hydrogens is 196 g/mol. The summed E-state index contributed by atoms with van der Waals surface area (Å²) < 4.78 is 0. The first kappa shape index (κ1) is 12.6. The third kappa shape index (κ3) is 3.57. The monoisotopic (exact) mass is 216 g/mol. The SMILES string of the molecule is C=C1CCCCC1CCC(C)(OO)OO. The Morgan fingerprint density at radius 2 is 2.07 bits per heavy atom. The highest BCUT2D eigenvalue weighted by Crippen LogP contribution is 2.33. The molecule has 0 amide bonds. The summed E-state index contributed by atoms with van der Waals surface area (Å²) in [6, 6.07) is 0. The first-order valence-electron chi connectivity index (χ1n) is 5.44. The normalized spacial score (nSPS) is 23.1. The van der Waals surface area contributed by atoms with E-state index in [1.54, 1.807) is 0 Å². The standard InChI is InChI=1S/C11H20O4/c1-9-5-3-4-6-10(9)7-8-11(2,14-12)15-13/h10,12-13H,1,3-8H2,2H3. The molecule has 0 aromatic heterocycles. The highest BCUT2D eigenvalue weighted by Gasteiger charge is 2.29. The van der Waals surface area contributed by atoms with Crippen LogP contribution in [0.5, 0.6) is 0 Å². The van der Waals surface area contributed by atoms with E-state index in [4.69, 9.17) is 10.5 Å². The molecule has 1 unspecified atom stereocenters. The Balaban J connectivity index is 2.37. The molecule has 4 nitrogen and oxygen atoms in total. The smallest absolute Gasteiger partial charge is 0.230 e. The van der Waals surface area contributed by atoms with Gasteiger partial charge in [-0.2, -0.15) is 0 Å². The molecule has 1 atom stereocenters. The van der Waals surface area contributed by atoms with Crippen molar-refractivity contribution in [2.75, 3.05) is 0 Å². The molecule has 1 saturated carbocycles. The van der Waals surface area contributed by atoms with Gasteiger partial charge in [0.25, 0.3) is 0 Å². The van der Waals surface area contributed by atoms with Crippen molar-refractivity contribution in [2.24, 2.45) is 5.92 Å². The van der Waals surface area contributed by atoms with E-state index in [0.29, 0.717) is 12.3 Å². The van der Waals surface area contributed by atoms with Crippen molar-refractivity contribution in [3.63, 3.8) is 0 Å². The summed E-state index contributed by atoms with van der Waals surface area (Å²) in [4.78, 5) is 8.22. The van der Waals surface area contributed by atoms with E-state index in [9.17, 15) is 0 Å². The zero-order valence-electron chi connectivity index (χ0n) is 9.24. The Bertz CT molecular complexity index is 211. The lowest BCUT2D eigenvalue weighted by molar-refractivity contribution is -0.482. The van der Waals surface area contributed by atoms with Gasteiger partial charge in [-0.1, -0.05) is 18.6 Å². The second-order valence-corrected chi connectivity index (χ2v) is 4.46. The quantitative estimate of drug-likeness (QED) is 0.320. The number of hydrogen-bond donors (Lipinski definition) is 2. The molecule has 1 rings (SSSR count). The van der Waals surface area contributed by atoms with E-state index >= 15 is 0 Å². The molecule has 0 radical (unpaired) electrons. The van der Waals surface area contributed by atoms with Gasteiger partial charge < -0.3 is 0 Å². The van der Waals surface area contributed by atoms with Crippen LogP contribution in [0.4, 0.5) is 0 Å². The maximum absolute atomic E-state index is 8.57. The topological polar surface area (TPSA) is 58.9 Å². The first-order valence-corrected chi connectivity index (χ1v) is 5.44. The lowest BCUT2D eigenvalue weighted by Crippen LogP contribution is -2.31. The van der Waals surface area contributed by atoms with Crippen molar-refractivity contribution in [3.8, 4) is 0 Å². The Hall–Kier alpha value is -0.420. The molecule has 0 spiro atoms. The molecule has 88 valence electrons. The van der Waals surface area contributed by atoms with Crippen molar-refractivity contribution in [1.29, 1.82) is 0 Å². The summed E-state index contributed by atoms with van der Waals surface area (Å²) in [7, 11) is 0. The van der Waals surface area contributed by atoms with Gasteiger partial charge in [0.05, 0.1) is 0 Å². The Morgan fingerprint density at radius 3 is 2.60 bits per heavy atom. The van der Waals surface area contributed by atoms with Crippen LogP contribution in [0.15, 0.2) is 12.2 Å². The van der Waals surface area contributed by atoms with Gasteiger partial charge in [-0.05, 0) is 38.5 Å². The van der Waals surface area contributed by atoms with Gasteiger partial charge in [0.1, 0.15) is 0 Å². The van der Waals surface area contributed by atoms with Crippen LogP contribution in [0.1, 0.15) is 45.4 Å². The van der Waals surface area contributed by atoms with Crippen LogP contribution in [-0.4, -0.2) is 16.3 Å². The van der Waals surface area contributed by atoms with Gasteiger partial charge in [-0.3, -0.25) is 0 Å². The molecule has 2 N–H and O–H groups in total. The molecule has 0 aromatic carbocycles. The van der Waals surface area contributed by atoms with E-state index < -0.39 is 5.79 Å². The number of hydrogen-bond acceptors (Lipinski definition) is 4. The lowest BCUT2D eigenvalue weighted by Gasteiger charge is -2.28. The van der Waals surface area contributed by atoms with Crippen LogP contribution >= 0.6 is 0 Å². The highest BCUT2D eigenvalue weighted by molar-refractivity contribution is 5.03. The zero-order chi connectivity index (χ0) is 11.3. The van der Waals surface area contributed by atoms with Gasteiger partial charge in [0, 0.05) is 6.42 Å². The van der Waals surface area contributed by atoms with Crippen LogP contribution in [0.3, 0.4) is 0 Å². The molecule has 15 heavy (non-hydrogen) atoms. The van der Waals surface area contributed by atoms with Gasteiger partial charge in [0.2, 0.25) is 5.79 Å². The van der Waals surface area contributed by atoms with E-state index in [1.165, 1.54) is 25.3 Å². The van der Waals surface area contributed by atoms with Gasteiger partial charge >= 0.3 is 0 Å². The van der Waals surface area contributed by atoms with E-state index in [1.807, 2.05) is 0 Å². The van der Waals surface area contributed by atoms with Gasteiger partial charge in [-0.25, -0.2) is 20.3 Å². The average Bonchev–Trinajstić information content (AvgIpc) is 2.28. The third-order valence-electron chi connectivity index (χ3n) is 3.21. The minimum absolute atomic E-state index is 0.448. The molecule has 1 aliphatic rings. The first-order chi connectivity index (χ1) is 7.11. The maximum Gasteiger partial charge on any atom is 0.230 e. The van der Waals surface area contributed by atoms with Crippen molar-refractivity contribution in [1.82, 2.24) is 0 Å². The lowest BCUT2D eigenvalue weighted by atomic mass is 9.82. The van der Waals surface area contributed by atoms with Crippen molar-refractivity contribution >= 4 is 0 Å². The molecule has 0 heterocycles. The Morgan fingerprint density at radius 1 is 1.40 bits per heavy atom. The minimum atomic E-state index is -1.31. The van der Waals surface area contributed by atoms with Crippen LogP contribution in [0.2, 0.25) is 0 Å². The van der Waals surface area contributed by atoms with E-state index in [2.05, 4.69) is 16.4 Å². The summed E-state index contributed by atoms with van der Waals surface area (Å²) in [5, 5.41) is 17.1. The van der Waals surface area contributed by atoms with Crippen LogP contribution in [0.25, 0.3) is 0 Å². The van der Waals surface area contributed by atoms with E-state index in [-0.39, 0.29) is 0 Å². The fraction of sp³-hybridized carbons (Fsp3) is 0.818.